The lowest BCUT2D eigenvalue weighted by Crippen LogP contribution is -2.41. The lowest BCUT2D eigenvalue weighted by molar-refractivity contribution is -0.193. The molecule has 2 aromatic carbocycles. The standard InChI is InChI=1S/C22H25FN2O.2C2HF3O2/c23-17-7-5-16(6-8-17)13-24-14-20-18-3-1-2-4-19(18)22(21(20)15-24)25-9-11-26-12-10-25;2*3-2(4,5)1(6)7/h1-8,20-22H,9-15H2;2*(H,6,7)/t20-,21-,22-;;/m0../s1. The molecule has 2 aromatic rings. The van der Waals surface area contributed by atoms with Crippen LogP contribution in [-0.4, -0.2) is 83.7 Å². The highest BCUT2D eigenvalue weighted by atomic mass is 19.4. The first-order valence-electron chi connectivity index (χ1n) is 12.2. The quantitative estimate of drug-likeness (QED) is 0.509. The number of benzene rings is 2. The van der Waals surface area contributed by atoms with Crippen LogP contribution in [0, 0.1) is 11.7 Å². The number of nitrogens with zero attached hydrogens (tertiary/aromatic N) is 2. The molecule has 40 heavy (non-hydrogen) atoms. The summed E-state index contributed by atoms with van der Waals surface area (Å²) in [4.78, 5) is 23.0. The van der Waals surface area contributed by atoms with Gasteiger partial charge in [0.25, 0.3) is 0 Å². The van der Waals surface area contributed by atoms with Crippen LogP contribution in [0.25, 0.3) is 0 Å². The highest BCUT2D eigenvalue weighted by Crippen LogP contribution is 2.52. The maximum Gasteiger partial charge on any atom is 0.490 e. The summed E-state index contributed by atoms with van der Waals surface area (Å²) in [6.07, 6.45) is -10.2. The third-order valence-electron chi connectivity index (χ3n) is 6.80. The Bertz CT molecular complexity index is 1130. The molecular weight excluding hydrogens is 553 g/mol. The van der Waals surface area contributed by atoms with Crippen LogP contribution >= 0.6 is 0 Å². The van der Waals surface area contributed by atoms with E-state index >= 15 is 0 Å². The number of likely N-dealkylation sites (tertiary alicyclic amines) is 1. The number of carboxylic acids is 2. The average molecular weight is 580 g/mol. The molecule has 2 saturated heterocycles. The van der Waals surface area contributed by atoms with Gasteiger partial charge in [0.2, 0.25) is 0 Å². The third kappa shape index (κ3) is 8.15. The van der Waals surface area contributed by atoms with Gasteiger partial charge in [0.15, 0.2) is 0 Å². The minimum absolute atomic E-state index is 0.159. The zero-order valence-electron chi connectivity index (χ0n) is 21.0. The minimum atomic E-state index is -5.08. The summed E-state index contributed by atoms with van der Waals surface area (Å²) in [7, 11) is 0. The Labute approximate surface area is 224 Å². The van der Waals surface area contributed by atoms with E-state index in [1.54, 1.807) is 12.1 Å². The van der Waals surface area contributed by atoms with Gasteiger partial charge in [-0.05, 0) is 34.7 Å². The molecule has 2 N–H and O–H groups in total. The van der Waals surface area contributed by atoms with Crippen molar-refractivity contribution in [2.75, 3.05) is 39.4 Å². The van der Waals surface area contributed by atoms with Gasteiger partial charge in [-0.1, -0.05) is 36.4 Å². The monoisotopic (exact) mass is 580 g/mol. The molecule has 3 aliphatic rings. The summed E-state index contributed by atoms with van der Waals surface area (Å²) in [5, 5.41) is 14.2. The fourth-order valence-corrected chi connectivity index (χ4v) is 5.21. The summed E-state index contributed by atoms with van der Waals surface area (Å²) >= 11 is 0. The molecule has 14 heteroatoms. The first kappa shape index (κ1) is 31.3. The number of alkyl halides is 6. The second kappa shape index (κ2) is 13.0. The molecule has 0 unspecified atom stereocenters. The first-order valence-corrected chi connectivity index (χ1v) is 12.2. The Kier molecular flexibility index (Phi) is 10.1. The van der Waals surface area contributed by atoms with E-state index in [1.807, 2.05) is 12.1 Å². The maximum atomic E-state index is 13.2. The van der Waals surface area contributed by atoms with E-state index < -0.39 is 24.3 Å². The summed E-state index contributed by atoms with van der Waals surface area (Å²) in [5.41, 5.74) is 4.27. The molecule has 0 saturated carbocycles. The Morgan fingerprint density at radius 2 is 1.32 bits per heavy atom. The van der Waals surface area contributed by atoms with Crippen molar-refractivity contribution in [3.05, 3.63) is 71.0 Å². The van der Waals surface area contributed by atoms with Crippen molar-refractivity contribution in [3.8, 4) is 0 Å². The van der Waals surface area contributed by atoms with Gasteiger partial charge < -0.3 is 14.9 Å². The summed E-state index contributed by atoms with van der Waals surface area (Å²) in [5.74, 6) is -4.42. The molecule has 3 atom stereocenters. The number of carboxylic acid groups (broad SMARTS) is 2. The van der Waals surface area contributed by atoms with Crippen LogP contribution in [0.15, 0.2) is 48.5 Å². The second-order valence-corrected chi connectivity index (χ2v) is 9.42. The molecule has 2 heterocycles. The predicted molar refractivity (Wildman–Crippen MR) is 127 cm³/mol. The van der Waals surface area contributed by atoms with Gasteiger partial charge in [0.1, 0.15) is 5.82 Å². The number of halogens is 7. The molecular formula is C26H27F7N2O5. The highest BCUT2D eigenvalue weighted by molar-refractivity contribution is 5.73. The zero-order valence-corrected chi connectivity index (χ0v) is 21.0. The van der Waals surface area contributed by atoms with E-state index in [4.69, 9.17) is 24.5 Å². The van der Waals surface area contributed by atoms with Crippen molar-refractivity contribution in [3.63, 3.8) is 0 Å². The van der Waals surface area contributed by atoms with Crippen LogP contribution in [0.4, 0.5) is 30.7 Å². The van der Waals surface area contributed by atoms with Gasteiger partial charge in [-0.3, -0.25) is 9.80 Å². The van der Waals surface area contributed by atoms with Crippen LogP contribution < -0.4 is 0 Å². The number of hydrogen-bond acceptors (Lipinski definition) is 5. The van der Waals surface area contributed by atoms with E-state index in [2.05, 4.69) is 34.1 Å². The smallest absolute Gasteiger partial charge is 0.475 e. The molecule has 2 aliphatic heterocycles. The summed E-state index contributed by atoms with van der Waals surface area (Å²) in [6, 6.07) is 16.5. The Hall–Kier alpha value is -3.23. The molecule has 7 nitrogen and oxygen atoms in total. The van der Waals surface area contributed by atoms with Gasteiger partial charge in [-0.2, -0.15) is 26.3 Å². The summed E-state index contributed by atoms with van der Waals surface area (Å²) < 4.78 is 82.2. The third-order valence-corrected chi connectivity index (χ3v) is 6.80. The highest BCUT2D eigenvalue weighted by Gasteiger charge is 2.48. The molecule has 0 aromatic heterocycles. The average Bonchev–Trinajstić information content (AvgIpc) is 3.42. The summed E-state index contributed by atoms with van der Waals surface area (Å²) in [6.45, 7) is 6.86. The molecule has 220 valence electrons. The molecule has 0 bridgehead atoms. The number of carbonyl (C=O) groups is 2. The topological polar surface area (TPSA) is 90.3 Å². The fourth-order valence-electron chi connectivity index (χ4n) is 5.21. The van der Waals surface area contributed by atoms with Crippen LogP contribution in [0.2, 0.25) is 0 Å². The normalized spacial score (nSPS) is 22.7. The molecule has 0 radical (unpaired) electrons. The van der Waals surface area contributed by atoms with Crippen molar-refractivity contribution < 1.29 is 55.3 Å². The largest absolute Gasteiger partial charge is 0.490 e. The van der Waals surface area contributed by atoms with Gasteiger partial charge in [0, 0.05) is 44.7 Å². The van der Waals surface area contributed by atoms with Gasteiger partial charge in [-0.15, -0.1) is 0 Å². The fraction of sp³-hybridized carbons (Fsp3) is 0.462. The van der Waals surface area contributed by atoms with E-state index in [0.717, 1.165) is 45.9 Å². The maximum absolute atomic E-state index is 13.2. The van der Waals surface area contributed by atoms with Crippen LogP contribution in [-0.2, 0) is 20.9 Å². The molecule has 0 amide bonds. The van der Waals surface area contributed by atoms with E-state index in [0.29, 0.717) is 17.9 Å². The lowest BCUT2D eigenvalue weighted by atomic mass is 9.93. The Morgan fingerprint density at radius 1 is 0.825 bits per heavy atom. The van der Waals surface area contributed by atoms with Crippen molar-refractivity contribution in [2.45, 2.75) is 30.9 Å². The second-order valence-electron chi connectivity index (χ2n) is 9.42. The SMILES string of the molecule is Fc1ccc(CN2C[C@H]3[C@@H](C2)c2ccccc2[C@@H]3N2CCOCC2)cc1.O=C(O)C(F)(F)F.O=C(O)C(F)(F)F. The number of morpholine rings is 1. The molecule has 1 aliphatic carbocycles. The van der Waals surface area contributed by atoms with Gasteiger partial charge >= 0.3 is 24.3 Å². The molecule has 5 rings (SSSR count). The predicted octanol–water partition coefficient (Wildman–Crippen LogP) is 4.69. The van der Waals surface area contributed by atoms with Gasteiger partial charge in [-0.25, -0.2) is 14.0 Å². The minimum Gasteiger partial charge on any atom is -0.475 e. The van der Waals surface area contributed by atoms with Crippen LogP contribution in [0.1, 0.15) is 28.7 Å². The van der Waals surface area contributed by atoms with Crippen molar-refractivity contribution in [1.29, 1.82) is 0 Å². The number of rotatable bonds is 3. The van der Waals surface area contributed by atoms with Crippen molar-refractivity contribution >= 4 is 11.9 Å². The Morgan fingerprint density at radius 3 is 1.82 bits per heavy atom. The van der Waals surface area contributed by atoms with E-state index in [9.17, 15) is 30.7 Å². The van der Waals surface area contributed by atoms with Crippen molar-refractivity contribution in [1.82, 2.24) is 9.80 Å². The number of aliphatic carboxylic acids is 2. The number of hydrogen-bond donors (Lipinski definition) is 2. The number of ether oxygens (including phenoxy) is 1. The Balaban J connectivity index is 0.000000263. The van der Waals surface area contributed by atoms with Crippen molar-refractivity contribution in [2.24, 2.45) is 5.92 Å². The van der Waals surface area contributed by atoms with E-state index in [1.165, 1.54) is 16.7 Å². The van der Waals surface area contributed by atoms with Crippen LogP contribution in [0.5, 0.6) is 0 Å². The first-order chi connectivity index (χ1) is 18.7. The molecule has 2 fully saturated rings. The van der Waals surface area contributed by atoms with Gasteiger partial charge in [0.05, 0.1) is 13.2 Å². The number of fused-ring (bicyclic) bond motifs is 3. The molecule has 0 spiro atoms. The zero-order chi connectivity index (χ0) is 29.7. The lowest BCUT2D eigenvalue weighted by Gasteiger charge is -2.36. The van der Waals surface area contributed by atoms with Crippen LogP contribution in [0.3, 0.4) is 0 Å². The van der Waals surface area contributed by atoms with E-state index in [-0.39, 0.29) is 5.82 Å².